The largest absolute Gasteiger partial charge is 0.337 e. The van der Waals surface area contributed by atoms with E-state index in [1.54, 1.807) is 0 Å². The van der Waals surface area contributed by atoms with Crippen LogP contribution in [0.2, 0.25) is 0 Å². The molecule has 2 nitrogen and oxygen atoms in total. The normalized spacial score (nSPS) is 14.9. The van der Waals surface area contributed by atoms with E-state index in [4.69, 9.17) is 16.3 Å². The summed E-state index contributed by atoms with van der Waals surface area (Å²) in [4.78, 5) is 9.41. The van der Waals surface area contributed by atoms with Crippen molar-refractivity contribution in [2.45, 2.75) is 26.7 Å². The third-order valence-electron chi connectivity index (χ3n) is 1.04. The van der Waals surface area contributed by atoms with Crippen LogP contribution >= 0.6 is 29.5 Å². The quantitative estimate of drug-likeness (QED) is 0.579. The van der Waals surface area contributed by atoms with E-state index in [-0.39, 0.29) is 12.4 Å². The van der Waals surface area contributed by atoms with Gasteiger partial charge in [0.25, 0.3) is 0 Å². The topological polar surface area (TPSA) is 29.5 Å². The Labute approximate surface area is 89.8 Å². The van der Waals surface area contributed by atoms with Gasteiger partial charge in [0, 0.05) is 0 Å². The predicted molar refractivity (Wildman–Crippen MR) is 62.7 cm³/mol. The van der Waals surface area contributed by atoms with Gasteiger partial charge < -0.3 is 9.42 Å². The molecule has 76 valence electrons. The lowest BCUT2D eigenvalue weighted by atomic mass is 10.4. The molecule has 0 aromatic heterocycles. The van der Waals surface area contributed by atoms with Gasteiger partial charge in [-0.25, -0.2) is 0 Å². The van der Waals surface area contributed by atoms with Crippen LogP contribution in [0.5, 0.6) is 0 Å². The molecular weight excluding hydrogens is 235 g/mol. The fourth-order valence-electron chi connectivity index (χ4n) is 0.525. The Morgan fingerprint density at radius 2 is 2.08 bits per heavy atom. The van der Waals surface area contributed by atoms with Gasteiger partial charge in [-0.2, -0.15) is 0 Å². The van der Waals surface area contributed by atoms with Crippen LogP contribution in [0.1, 0.15) is 26.7 Å². The summed E-state index contributed by atoms with van der Waals surface area (Å²) in [6.07, 6.45) is 2.05. The lowest BCUT2D eigenvalue weighted by molar-refractivity contribution is 0.312. The van der Waals surface area contributed by atoms with E-state index in [1.807, 2.05) is 6.92 Å². The van der Waals surface area contributed by atoms with Gasteiger partial charge in [0.15, 0.2) is 0 Å². The summed E-state index contributed by atoms with van der Waals surface area (Å²) in [5, 5.41) is 0. The lowest BCUT2D eigenvalue weighted by Crippen LogP contribution is -1.89. The molecule has 1 N–H and O–H groups in total. The van der Waals surface area contributed by atoms with Crippen LogP contribution < -0.4 is 0 Å². The standard InChI is InChI=1S/C6H15O2PS2.ClH/c1-3-5-6-8-9(7,10)11-4-2;/h3-6H2,1-2H3,(H,7,10);1H. The molecule has 0 saturated carbocycles. The van der Waals surface area contributed by atoms with E-state index >= 15 is 0 Å². The van der Waals surface area contributed by atoms with Gasteiger partial charge in [-0.1, -0.05) is 31.7 Å². The fraction of sp³-hybridized carbons (Fsp3) is 1.00. The lowest BCUT2D eigenvalue weighted by Gasteiger charge is -2.12. The van der Waals surface area contributed by atoms with E-state index in [9.17, 15) is 4.89 Å². The highest BCUT2D eigenvalue weighted by Crippen LogP contribution is 2.55. The molecule has 1 unspecified atom stereocenters. The molecule has 0 aromatic rings. The molecule has 0 rings (SSSR count). The first-order valence-electron chi connectivity index (χ1n) is 3.74. The molecular formula is C6H16ClO2PS2. The van der Waals surface area contributed by atoms with Crippen molar-refractivity contribution in [2.75, 3.05) is 12.4 Å². The third kappa shape index (κ3) is 9.30. The summed E-state index contributed by atoms with van der Waals surface area (Å²) in [6, 6.07) is 0. The molecule has 0 fully saturated rings. The maximum atomic E-state index is 9.41. The average Bonchev–Trinajstić information content (AvgIpc) is 1.87. The summed E-state index contributed by atoms with van der Waals surface area (Å²) in [5.41, 5.74) is -2.47. The summed E-state index contributed by atoms with van der Waals surface area (Å²) in [7, 11) is 0. The van der Waals surface area contributed by atoms with E-state index < -0.39 is 5.69 Å². The number of halogens is 1. The van der Waals surface area contributed by atoms with Crippen LogP contribution in [0.25, 0.3) is 0 Å². The second kappa shape index (κ2) is 8.79. The predicted octanol–water partition coefficient (Wildman–Crippen LogP) is 3.19. The Morgan fingerprint density at radius 3 is 2.50 bits per heavy atom. The number of rotatable bonds is 6. The molecule has 12 heavy (non-hydrogen) atoms. The monoisotopic (exact) mass is 250 g/mol. The Kier molecular flexibility index (Phi) is 11.5. The summed E-state index contributed by atoms with van der Waals surface area (Å²) in [6.45, 7) is 4.64. The molecule has 0 aliphatic carbocycles. The highest BCUT2D eigenvalue weighted by Gasteiger charge is 2.11. The molecule has 0 radical (unpaired) electrons. The van der Waals surface area contributed by atoms with Crippen molar-refractivity contribution in [1.29, 1.82) is 0 Å². The number of hydrogen-bond donors (Lipinski definition) is 1. The maximum Gasteiger partial charge on any atom is 0.244 e. The first-order chi connectivity index (χ1) is 5.12. The summed E-state index contributed by atoms with van der Waals surface area (Å²) < 4.78 is 5.15. The molecule has 0 bridgehead atoms. The van der Waals surface area contributed by atoms with Crippen molar-refractivity contribution in [3.8, 4) is 0 Å². The van der Waals surface area contributed by atoms with Gasteiger partial charge in [-0.05, 0) is 24.0 Å². The molecule has 1 atom stereocenters. The van der Waals surface area contributed by atoms with Crippen LogP contribution in [0.15, 0.2) is 0 Å². The van der Waals surface area contributed by atoms with Crippen LogP contribution in [0, 0.1) is 0 Å². The highest BCUT2D eigenvalue weighted by molar-refractivity contribution is 8.67. The molecule has 6 heteroatoms. The van der Waals surface area contributed by atoms with Crippen LogP contribution in [-0.4, -0.2) is 17.3 Å². The zero-order chi connectivity index (χ0) is 8.74. The van der Waals surface area contributed by atoms with Gasteiger partial charge in [-0.3, -0.25) is 0 Å². The summed E-state index contributed by atoms with van der Waals surface area (Å²) in [5.74, 6) is 0.819. The molecule has 0 amide bonds. The van der Waals surface area contributed by atoms with E-state index in [0.29, 0.717) is 6.61 Å². The van der Waals surface area contributed by atoms with Gasteiger partial charge in [0.2, 0.25) is 5.69 Å². The van der Waals surface area contributed by atoms with Crippen molar-refractivity contribution in [3.05, 3.63) is 0 Å². The fourth-order valence-corrected chi connectivity index (χ4v) is 3.88. The van der Waals surface area contributed by atoms with Crippen molar-refractivity contribution >= 4 is 41.3 Å². The van der Waals surface area contributed by atoms with Crippen LogP contribution in [-0.2, 0) is 16.3 Å². The van der Waals surface area contributed by atoms with E-state index in [0.717, 1.165) is 18.6 Å². The first kappa shape index (κ1) is 15.7. The SMILES string of the molecule is CCCCOP(O)(=S)SCC.Cl. The maximum absolute atomic E-state index is 9.41. The van der Waals surface area contributed by atoms with Crippen LogP contribution in [0.3, 0.4) is 0 Å². The average molecular weight is 251 g/mol. The molecule has 0 heterocycles. The minimum Gasteiger partial charge on any atom is -0.337 e. The van der Waals surface area contributed by atoms with Crippen molar-refractivity contribution < 1.29 is 9.42 Å². The first-order valence-corrected chi connectivity index (χ1v) is 8.00. The van der Waals surface area contributed by atoms with Gasteiger partial charge in [0.05, 0.1) is 6.61 Å². The zero-order valence-electron chi connectivity index (χ0n) is 7.36. The Morgan fingerprint density at radius 1 is 1.50 bits per heavy atom. The van der Waals surface area contributed by atoms with Gasteiger partial charge >= 0.3 is 0 Å². The number of unbranched alkanes of at least 4 members (excludes halogenated alkanes) is 1. The van der Waals surface area contributed by atoms with Crippen molar-refractivity contribution in [3.63, 3.8) is 0 Å². The smallest absolute Gasteiger partial charge is 0.244 e. The Bertz CT molecular complexity index is 146. The Balaban J connectivity index is 0. The van der Waals surface area contributed by atoms with Crippen molar-refractivity contribution in [2.24, 2.45) is 0 Å². The minimum atomic E-state index is -2.47. The second-order valence-electron chi connectivity index (χ2n) is 2.07. The highest BCUT2D eigenvalue weighted by atomic mass is 35.5. The molecule has 0 saturated heterocycles. The Hall–Kier alpha value is 1.21. The molecule has 0 aliphatic rings. The second-order valence-corrected chi connectivity index (χ2v) is 8.54. The van der Waals surface area contributed by atoms with Gasteiger partial charge in [0.1, 0.15) is 0 Å². The van der Waals surface area contributed by atoms with Crippen LogP contribution in [0.4, 0.5) is 0 Å². The van der Waals surface area contributed by atoms with Crippen molar-refractivity contribution in [1.82, 2.24) is 0 Å². The third-order valence-corrected chi connectivity index (χ3v) is 5.47. The molecule has 0 aliphatic heterocycles. The zero-order valence-corrected chi connectivity index (χ0v) is 10.7. The molecule has 0 aromatic carbocycles. The summed E-state index contributed by atoms with van der Waals surface area (Å²) >= 11 is 6.21. The number of hydrogen-bond acceptors (Lipinski definition) is 3. The van der Waals surface area contributed by atoms with E-state index in [1.165, 1.54) is 11.4 Å². The molecule has 0 spiro atoms. The van der Waals surface area contributed by atoms with Gasteiger partial charge in [-0.15, -0.1) is 12.4 Å². The van der Waals surface area contributed by atoms with E-state index in [2.05, 4.69) is 6.92 Å². The minimum absolute atomic E-state index is 0.